The Kier molecular flexibility index (Phi) is 6.90. The molecular formula is C23H25Cl2N4O3-. The molecule has 0 radical (unpaired) electrons. The first-order valence-corrected chi connectivity index (χ1v) is 11.4. The summed E-state index contributed by atoms with van der Waals surface area (Å²) in [7, 11) is 1.61. The minimum atomic E-state index is -0.634. The fraction of sp³-hybridized carbons (Fsp3) is 0.391. The summed E-state index contributed by atoms with van der Waals surface area (Å²) in [6, 6.07) is 12.4. The van der Waals surface area contributed by atoms with E-state index in [0.717, 1.165) is 30.6 Å². The minimum Gasteiger partial charge on any atom is -0.741 e. The van der Waals surface area contributed by atoms with Crippen LogP contribution in [0.3, 0.4) is 0 Å². The van der Waals surface area contributed by atoms with E-state index >= 15 is 0 Å². The van der Waals surface area contributed by atoms with Gasteiger partial charge in [-0.25, -0.2) is 5.01 Å². The van der Waals surface area contributed by atoms with E-state index in [9.17, 15) is 10.0 Å². The lowest BCUT2D eigenvalue weighted by molar-refractivity contribution is -0.136. The summed E-state index contributed by atoms with van der Waals surface area (Å²) in [6.07, 6.45) is 2.86. The van der Waals surface area contributed by atoms with E-state index in [1.165, 1.54) is 0 Å². The number of piperidine rings is 1. The molecule has 4 rings (SSSR count). The van der Waals surface area contributed by atoms with Gasteiger partial charge in [-0.1, -0.05) is 48.7 Å². The highest BCUT2D eigenvalue weighted by atomic mass is 35.5. The molecule has 9 heteroatoms. The predicted molar refractivity (Wildman–Crippen MR) is 127 cm³/mol. The topological polar surface area (TPSA) is 71.4 Å². The molecule has 0 aliphatic carbocycles. The van der Waals surface area contributed by atoms with Gasteiger partial charge in [0.2, 0.25) is 0 Å². The van der Waals surface area contributed by atoms with Crippen molar-refractivity contribution >= 4 is 40.5 Å². The van der Waals surface area contributed by atoms with E-state index in [1.54, 1.807) is 35.3 Å². The zero-order valence-electron chi connectivity index (χ0n) is 18.0. The van der Waals surface area contributed by atoms with Gasteiger partial charge in [0.05, 0.1) is 23.9 Å². The van der Waals surface area contributed by atoms with E-state index in [-0.39, 0.29) is 17.7 Å². The van der Waals surface area contributed by atoms with Crippen molar-refractivity contribution in [1.82, 2.24) is 10.2 Å². The van der Waals surface area contributed by atoms with Crippen LogP contribution in [-0.4, -0.2) is 42.0 Å². The van der Waals surface area contributed by atoms with E-state index < -0.39 is 5.91 Å². The Hall–Kier alpha value is -2.32. The molecule has 1 fully saturated rings. The third-order valence-electron chi connectivity index (χ3n) is 5.98. The summed E-state index contributed by atoms with van der Waals surface area (Å²) < 4.78 is 5.27. The normalized spacial score (nSPS) is 21.4. The summed E-state index contributed by atoms with van der Waals surface area (Å²) >= 11 is 12.6. The number of halogens is 2. The Bertz CT molecular complexity index is 1010. The van der Waals surface area contributed by atoms with Crippen molar-refractivity contribution in [2.75, 3.05) is 25.2 Å². The average molecular weight is 476 g/mol. The fourth-order valence-corrected chi connectivity index (χ4v) is 4.75. The molecule has 2 atom stereocenters. The Labute approximate surface area is 197 Å². The van der Waals surface area contributed by atoms with E-state index in [4.69, 9.17) is 27.9 Å². The van der Waals surface area contributed by atoms with Crippen LogP contribution in [0.1, 0.15) is 37.8 Å². The maximum absolute atomic E-state index is 13.2. The van der Waals surface area contributed by atoms with Crippen molar-refractivity contribution in [2.24, 2.45) is 11.0 Å². The summed E-state index contributed by atoms with van der Waals surface area (Å²) in [5, 5.41) is 22.1. The molecule has 32 heavy (non-hydrogen) atoms. The highest BCUT2D eigenvalue weighted by Crippen LogP contribution is 2.43. The monoisotopic (exact) mass is 475 g/mol. The number of ether oxygens (including phenoxy) is 1. The highest BCUT2D eigenvalue weighted by molar-refractivity contribution is 6.41. The number of amides is 1. The number of rotatable bonds is 5. The molecule has 170 valence electrons. The van der Waals surface area contributed by atoms with Crippen molar-refractivity contribution in [1.29, 1.82) is 0 Å². The second-order valence-electron chi connectivity index (χ2n) is 8.02. The minimum absolute atomic E-state index is 0.206. The van der Waals surface area contributed by atoms with Gasteiger partial charge in [0.15, 0.2) is 0 Å². The number of hydrazine groups is 1. The molecular weight excluding hydrogens is 451 g/mol. The first-order chi connectivity index (χ1) is 15.4. The number of hydrogen-bond donors (Lipinski definition) is 0. The second kappa shape index (κ2) is 9.67. The summed E-state index contributed by atoms with van der Waals surface area (Å²) in [6.45, 7) is 3.05. The van der Waals surface area contributed by atoms with Gasteiger partial charge in [0.25, 0.3) is 5.91 Å². The van der Waals surface area contributed by atoms with Gasteiger partial charge in [-0.2, -0.15) is 5.10 Å². The number of anilines is 1. The number of hydrogen-bond acceptors (Lipinski definition) is 6. The molecule has 0 bridgehead atoms. The fourth-order valence-electron chi connectivity index (χ4n) is 4.26. The van der Waals surface area contributed by atoms with Gasteiger partial charge in [-0.15, -0.1) is 0 Å². The quantitative estimate of drug-likeness (QED) is 0.549. The largest absolute Gasteiger partial charge is 0.741 e. The number of methoxy groups -OCH3 is 1. The standard InChI is InChI=1S/C23H25Cl2N4O3/c1-15-21(23(30)29(31)27-12-4-3-5-13-27)26-28(20-11-8-17(24)14-19(20)25)22(15)16-6-9-18(32-2)10-7-16/h6-11,14-15,22H,3-5,12-13H2,1-2H3/q-1/t15-,22+/m0/s1. The molecule has 1 saturated heterocycles. The molecule has 2 aliphatic heterocycles. The molecule has 2 aromatic rings. The van der Waals surface area contributed by atoms with Crippen molar-refractivity contribution in [3.63, 3.8) is 0 Å². The van der Waals surface area contributed by atoms with Gasteiger partial charge < -0.3 is 15.1 Å². The average Bonchev–Trinajstić information content (AvgIpc) is 3.15. The number of nitrogens with zero attached hydrogens (tertiary/aromatic N) is 4. The molecule has 0 aromatic heterocycles. The molecule has 0 N–H and O–H groups in total. The van der Waals surface area contributed by atoms with Crippen molar-refractivity contribution in [3.8, 4) is 5.75 Å². The lowest BCUT2D eigenvalue weighted by Gasteiger charge is -2.41. The molecule has 0 saturated carbocycles. The van der Waals surface area contributed by atoms with Crippen LogP contribution in [-0.2, 0) is 4.79 Å². The molecule has 2 aliphatic rings. The zero-order valence-corrected chi connectivity index (χ0v) is 19.5. The number of carbonyl (C=O) groups excluding carboxylic acids is 1. The van der Waals surface area contributed by atoms with Gasteiger partial charge in [0, 0.05) is 24.0 Å². The molecule has 0 spiro atoms. The van der Waals surface area contributed by atoms with Crippen LogP contribution in [0.4, 0.5) is 5.69 Å². The Balaban J connectivity index is 1.71. The van der Waals surface area contributed by atoms with E-state index in [0.29, 0.717) is 34.0 Å². The Morgan fingerprint density at radius 1 is 1.12 bits per heavy atom. The van der Waals surface area contributed by atoms with Gasteiger partial charge in [-0.05, 0) is 48.7 Å². The maximum Gasteiger partial charge on any atom is 0.274 e. The zero-order chi connectivity index (χ0) is 22.8. The van der Waals surface area contributed by atoms with Crippen LogP contribution >= 0.6 is 23.2 Å². The summed E-state index contributed by atoms with van der Waals surface area (Å²) in [5.41, 5.74) is 1.74. The number of hydrazone groups is 1. The SMILES string of the molecule is COc1ccc([C@H]2[C@@H](C)C(C(=O)N([O-])N3CCCCC3)=NN2c2ccc(Cl)cc2Cl)cc1. The van der Waals surface area contributed by atoms with Gasteiger partial charge in [-0.3, -0.25) is 9.80 Å². The van der Waals surface area contributed by atoms with E-state index in [2.05, 4.69) is 5.10 Å². The molecule has 0 unspecified atom stereocenters. The van der Waals surface area contributed by atoms with Gasteiger partial charge in [0.1, 0.15) is 11.5 Å². The highest BCUT2D eigenvalue weighted by Gasteiger charge is 2.41. The van der Waals surface area contributed by atoms with Crippen LogP contribution in [0.15, 0.2) is 47.6 Å². The van der Waals surface area contributed by atoms with Crippen LogP contribution < -0.4 is 9.75 Å². The van der Waals surface area contributed by atoms with Crippen LogP contribution in [0.2, 0.25) is 10.0 Å². The van der Waals surface area contributed by atoms with Gasteiger partial charge >= 0.3 is 0 Å². The van der Waals surface area contributed by atoms with Crippen molar-refractivity contribution in [3.05, 3.63) is 63.3 Å². The summed E-state index contributed by atoms with van der Waals surface area (Å²) in [5.74, 6) is -0.252. The summed E-state index contributed by atoms with van der Waals surface area (Å²) in [4.78, 5) is 13.2. The number of carbonyl (C=O) groups is 1. The number of hydroxylamine groups is 1. The number of benzene rings is 2. The Morgan fingerprint density at radius 3 is 2.44 bits per heavy atom. The molecule has 2 aromatic carbocycles. The third kappa shape index (κ3) is 4.43. The molecule has 7 nitrogen and oxygen atoms in total. The lowest BCUT2D eigenvalue weighted by atomic mass is 9.91. The van der Waals surface area contributed by atoms with E-state index in [1.807, 2.05) is 31.2 Å². The first kappa shape index (κ1) is 22.9. The Morgan fingerprint density at radius 2 is 1.81 bits per heavy atom. The van der Waals surface area contributed by atoms with Crippen molar-refractivity contribution in [2.45, 2.75) is 32.2 Å². The van der Waals surface area contributed by atoms with Crippen LogP contribution in [0.5, 0.6) is 5.75 Å². The van der Waals surface area contributed by atoms with Crippen LogP contribution in [0, 0.1) is 11.1 Å². The first-order valence-electron chi connectivity index (χ1n) is 10.6. The smallest absolute Gasteiger partial charge is 0.274 e. The molecule has 2 heterocycles. The second-order valence-corrected chi connectivity index (χ2v) is 8.87. The third-order valence-corrected chi connectivity index (χ3v) is 6.52. The maximum atomic E-state index is 13.2. The lowest BCUT2D eigenvalue weighted by Crippen LogP contribution is -2.48. The van der Waals surface area contributed by atoms with Crippen molar-refractivity contribution < 1.29 is 9.53 Å². The predicted octanol–water partition coefficient (Wildman–Crippen LogP) is 5.28. The molecule has 1 amide bonds. The van der Waals surface area contributed by atoms with Crippen LogP contribution in [0.25, 0.3) is 0 Å².